The average Bonchev–Trinajstić information content (AvgIpc) is 2.87. The highest BCUT2D eigenvalue weighted by Gasteiger charge is 2.22. The molecular weight excluding hydrogens is 284 g/mol. The molecule has 0 aliphatic carbocycles. The Morgan fingerprint density at radius 2 is 1.71 bits per heavy atom. The summed E-state index contributed by atoms with van der Waals surface area (Å²) in [6.45, 7) is 3.90. The number of aromatic nitrogens is 2. The van der Waals surface area contributed by atoms with Crippen molar-refractivity contribution in [3.63, 3.8) is 0 Å². The lowest BCUT2D eigenvalue weighted by Gasteiger charge is -2.06. The number of rotatable bonds is 3. The van der Waals surface area contributed by atoms with Gasteiger partial charge in [-0.15, -0.1) is 0 Å². The maximum atomic E-state index is 12.8. The van der Waals surface area contributed by atoms with E-state index >= 15 is 0 Å². The summed E-state index contributed by atoms with van der Waals surface area (Å²) < 4.78 is 26.7. The topological polar surface area (TPSA) is 52.0 Å². The summed E-state index contributed by atoms with van der Waals surface area (Å²) in [5.74, 6) is 0. The molecule has 0 atom stereocenters. The first-order valence-electron chi connectivity index (χ1n) is 6.83. The number of hydrogen-bond donors (Lipinski definition) is 0. The molecule has 5 heteroatoms. The highest BCUT2D eigenvalue weighted by atomic mass is 32.2. The average molecular weight is 300 g/mol. The third kappa shape index (κ3) is 2.23. The molecule has 0 saturated carbocycles. The quantitative estimate of drug-likeness (QED) is 0.746. The van der Waals surface area contributed by atoms with E-state index in [2.05, 4.69) is 5.10 Å². The molecule has 108 valence electrons. The molecule has 0 fully saturated rings. The first-order valence-corrected chi connectivity index (χ1v) is 8.27. The van der Waals surface area contributed by atoms with E-state index in [1.54, 1.807) is 30.3 Å². The van der Waals surface area contributed by atoms with Gasteiger partial charge in [-0.2, -0.15) is 17.6 Å². The van der Waals surface area contributed by atoms with Crippen molar-refractivity contribution in [1.82, 2.24) is 9.19 Å². The van der Waals surface area contributed by atoms with E-state index in [0.29, 0.717) is 11.9 Å². The molecule has 0 unspecified atom stereocenters. The van der Waals surface area contributed by atoms with Crippen LogP contribution in [0.4, 0.5) is 0 Å². The molecule has 0 spiro atoms. The zero-order chi connectivity index (χ0) is 15.0. The summed E-state index contributed by atoms with van der Waals surface area (Å²) in [6, 6.07) is 14.2. The van der Waals surface area contributed by atoms with Gasteiger partial charge in [0.15, 0.2) is 0 Å². The Morgan fingerprint density at radius 3 is 2.38 bits per heavy atom. The van der Waals surface area contributed by atoms with Crippen LogP contribution >= 0.6 is 0 Å². The SMILES string of the molecule is CCc1nn(S(=O)(=O)c2ccc(C)cc2)c2ccccc12. The predicted octanol–water partition coefficient (Wildman–Crippen LogP) is 3.14. The normalized spacial score (nSPS) is 11.9. The van der Waals surface area contributed by atoms with Gasteiger partial charge in [-0.25, -0.2) is 0 Å². The Morgan fingerprint density at radius 1 is 1.05 bits per heavy atom. The Bertz CT molecular complexity index is 894. The van der Waals surface area contributed by atoms with Crippen molar-refractivity contribution in [3.05, 3.63) is 59.8 Å². The predicted molar refractivity (Wildman–Crippen MR) is 82.9 cm³/mol. The highest BCUT2D eigenvalue weighted by Crippen LogP contribution is 2.23. The van der Waals surface area contributed by atoms with Gasteiger partial charge in [0.25, 0.3) is 10.0 Å². The second-order valence-electron chi connectivity index (χ2n) is 4.98. The standard InChI is InChI=1S/C16H16N2O2S/c1-3-15-14-6-4-5-7-16(14)18(17-15)21(19,20)13-10-8-12(2)9-11-13/h4-11H,3H2,1-2H3. The molecular formula is C16H16N2O2S. The lowest BCUT2D eigenvalue weighted by atomic mass is 10.2. The van der Waals surface area contributed by atoms with Crippen molar-refractivity contribution in [1.29, 1.82) is 0 Å². The van der Waals surface area contributed by atoms with Crippen molar-refractivity contribution in [2.24, 2.45) is 0 Å². The summed E-state index contributed by atoms with van der Waals surface area (Å²) in [4.78, 5) is 0.254. The van der Waals surface area contributed by atoms with Crippen molar-refractivity contribution >= 4 is 20.9 Å². The molecule has 3 rings (SSSR count). The molecule has 3 aromatic rings. The molecule has 0 amide bonds. The van der Waals surface area contributed by atoms with E-state index in [-0.39, 0.29) is 4.90 Å². The first-order chi connectivity index (χ1) is 10.0. The third-order valence-electron chi connectivity index (χ3n) is 3.51. The summed E-state index contributed by atoms with van der Waals surface area (Å²) in [5.41, 5.74) is 2.43. The van der Waals surface area contributed by atoms with Crippen LogP contribution in [0, 0.1) is 6.92 Å². The van der Waals surface area contributed by atoms with E-state index in [9.17, 15) is 8.42 Å². The van der Waals surface area contributed by atoms with E-state index in [1.807, 2.05) is 32.0 Å². The molecule has 1 aromatic heterocycles. The molecule has 1 heterocycles. The molecule has 0 radical (unpaired) electrons. The van der Waals surface area contributed by atoms with Crippen LogP contribution in [0.25, 0.3) is 10.9 Å². The molecule has 0 aliphatic heterocycles. The fourth-order valence-corrected chi connectivity index (χ4v) is 3.66. The van der Waals surface area contributed by atoms with E-state index in [4.69, 9.17) is 0 Å². The summed E-state index contributed by atoms with van der Waals surface area (Å²) in [7, 11) is -3.67. The van der Waals surface area contributed by atoms with Gasteiger partial charge in [0, 0.05) is 5.39 Å². The van der Waals surface area contributed by atoms with Gasteiger partial charge in [-0.1, -0.05) is 42.8 Å². The first kappa shape index (κ1) is 13.8. The second-order valence-corrected chi connectivity index (χ2v) is 6.75. The van der Waals surface area contributed by atoms with Crippen molar-refractivity contribution in [2.45, 2.75) is 25.2 Å². The van der Waals surface area contributed by atoms with Crippen molar-refractivity contribution < 1.29 is 8.42 Å². The Hall–Kier alpha value is -2.14. The van der Waals surface area contributed by atoms with E-state index < -0.39 is 10.0 Å². The summed E-state index contributed by atoms with van der Waals surface area (Å²) >= 11 is 0. The van der Waals surface area contributed by atoms with Crippen LogP contribution in [-0.2, 0) is 16.4 Å². The van der Waals surface area contributed by atoms with E-state index in [1.165, 1.54) is 0 Å². The number of fused-ring (bicyclic) bond motifs is 1. The maximum absolute atomic E-state index is 12.8. The smallest absolute Gasteiger partial charge is 0.199 e. The number of hydrogen-bond acceptors (Lipinski definition) is 3. The largest absolute Gasteiger partial charge is 0.283 e. The minimum Gasteiger partial charge on any atom is -0.199 e. The Labute approximate surface area is 124 Å². The van der Waals surface area contributed by atoms with Crippen LogP contribution in [-0.4, -0.2) is 17.6 Å². The number of aryl methyl sites for hydroxylation is 2. The monoisotopic (exact) mass is 300 g/mol. The molecule has 0 aliphatic rings. The Balaban J connectivity index is 2.26. The van der Waals surface area contributed by atoms with Crippen LogP contribution in [0.1, 0.15) is 18.2 Å². The molecule has 21 heavy (non-hydrogen) atoms. The van der Waals surface area contributed by atoms with Crippen LogP contribution in [0.2, 0.25) is 0 Å². The molecule has 0 bridgehead atoms. The number of nitrogens with zero attached hydrogens (tertiary/aromatic N) is 2. The summed E-state index contributed by atoms with van der Waals surface area (Å²) in [5, 5.41) is 5.19. The Kier molecular flexibility index (Phi) is 3.29. The highest BCUT2D eigenvalue weighted by molar-refractivity contribution is 7.90. The lowest BCUT2D eigenvalue weighted by molar-refractivity contribution is 0.581. The number of benzene rings is 2. The third-order valence-corrected chi connectivity index (χ3v) is 5.12. The van der Waals surface area contributed by atoms with Crippen LogP contribution in [0.5, 0.6) is 0 Å². The summed E-state index contributed by atoms with van der Waals surface area (Å²) in [6.07, 6.45) is 0.691. The zero-order valence-corrected chi connectivity index (χ0v) is 12.8. The van der Waals surface area contributed by atoms with Crippen LogP contribution in [0.3, 0.4) is 0 Å². The van der Waals surface area contributed by atoms with Gasteiger partial charge in [0.05, 0.1) is 16.1 Å². The second kappa shape index (κ2) is 5.00. The fraction of sp³-hybridized carbons (Fsp3) is 0.188. The molecule has 0 N–H and O–H groups in total. The fourth-order valence-electron chi connectivity index (χ4n) is 2.36. The van der Waals surface area contributed by atoms with Gasteiger partial charge >= 0.3 is 0 Å². The van der Waals surface area contributed by atoms with Crippen molar-refractivity contribution in [3.8, 4) is 0 Å². The molecule has 2 aromatic carbocycles. The van der Waals surface area contributed by atoms with Gasteiger partial charge < -0.3 is 0 Å². The zero-order valence-electron chi connectivity index (χ0n) is 11.9. The van der Waals surface area contributed by atoms with Crippen LogP contribution < -0.4 is 0 Å². The molecule has 0 saturated heterocycles. The molecule has 4 nitrogen and oxygen atoms in total. The van der Waals surface area contributed by atoms with Gasteiger partial charge in [0.2, 0.25) is 0 Å². The lowest BCUT2D eigenvalue weighted by Crippen LogP contribution is -2.14. The number of para-hydroxylation sites is 1. The van der Waals surface area contributed by atoms with Gasteiger partial charge in [0.1, 0.15) is 0 Å². The minimum absolute atomic E-state index is 0.254. The van der Waals surface area contributed by atoms with Crippen molar-refractivity contribution in [2.75, 3.05) is 0 Å². The van der Waals surface area contributed by atoms with Gasteiger partial charge in [-0.05, 0) is 31.5 Å². The minimum atomic E-state index is -3.67. The van der Waals surface area contributed by atoms with Gasteiger partial charge in [-0.3, -0.25) is 0 Å². The van der Waals surface area contributed by atoms with Crippen LogP contribution in [0.15, 0.2) is 53.4 Å². The van der Waals surface area contributed by atoms with E-state index in [0.717, 1.165) is 20.7 Å². The maximum Gasteiger partial charge on any atom is 0.283 e.